The van der Waals surface area contributed by atoms with Crippen LogP contribution in [0.25, 0.3) is 0 Å². The summed E-state index contributed by atoms with van der Waals surface area (Å²) in [6.07, 6.45) is 1.65. The normalized spacial score (nSPS) is 10.8. The Balaban J connectivity index is -0.000000720. The Morgan fingerprint density at radius 2 is 1.86 bits per heavy atom. The van der Waals surface area contributed by atoms with Gasteiger partial charge in [-0.25, -0.2) is 9.59 Å². The fourth-order valence-corrected chi connectivity index (χ4v) is 0.475. The van der Waals surface area contributed by atoms with Crippen LogP contribution >= 0.6 is 0 Å². The maximum Gasteiger partial charge on any atom is 1.00 e. The van der Waals surface area contributed by atoms with Crippen LogP contribution < -0.4 is 51.4 Å². The van der Waals surface area contributed by atoms with Crippen molar-refractivity contribution < 1.29 is 72.2 Å². The van der Waals surface area contributed by atoms with Gasteiger partial charge in [-0.15, -0.1) is 0 Å². The quantitative estimate of drug-likeness (QED) is 0.355. The molecule has 0 aliphatic heterocycles. The van der Waals surface area contributed by atoms with E-state index in [0.717, 1.165) is 12.2 Å². The van der Waals surface area contributed by atoms with Crippen LogP contribution in [-0.4, -0.2) is 23.7 Å². The average molecular weight is 226 g/mol. The second kappa shape index (κ2) is 7.59. The molecule has 1 N–H and O–H groups in total. The van der Waals surface area contributed by atoms with Crippen LogP contribution in [0.2, 0.25) is 0 Å². The van der Waals surface area contributed by atoms with Crippen LogP contribution in [0.1, 0.15) is 22.2 Å². The van der Waals surface area contributed by atoms with Crippen LogP contribution in [0.4, 0.5) is 0 Å². The van der Waals surface area contributed by atoms with Gasteiger partial charge in [0, 0.05) is 12.2 Å². The van der Waals surface area contributed by atoms with Crippen molar-refractivity contribution in [2.24, 2.45) is 5.41 Å². The van der Waals surface area contributed by atoms with Gasteiger partial charge >= 0.3 is 63.3 Å². The SMILES string of the molecule is CC(C)(C)COC(=O)/C=C\C(=O)O.[H-].[K+]. The van der Waals surface area contributed by atoms with E-state index in [4.69, 9.17) is 9.84 Å². The van der Waals surface area contributed by atoms with Gasteiger partial charge in [0.25, 0.3) is 0 Å². The Hall–Kier alpha value is 0.316. The molecule has 4 nitrogen and oxygen atoms in total. The Labute approximate surface area is 128 Å². The van der Waals surface area contributed by atoms with Crippen molar-refractivity contribution >= 4 is 11.9 Å². The second-order valence-corrected chi connectivity index (χ2v) is 3.84. The number of carbonyl (C=O) groups is 2. The van der Waals surface area contributed by atoms with Gasteiger partial charge in [-0.2, -0.15) is 0 Å². The smallest absolute Gasteiger partial charge is 1.00 e. The van der Waals surface area contributed by atoms with Crippen molar-refractivity contribution in [2.45, 2.75) is 20.8 Å². The van der Waals surface area contributed by atoms with E-state index in [1.165, 1.54) is 0 Å². The molecule has 0 saturated heterocycles. The van der Waals surface area contributed by atoms with Crippen molar-refractivity contribution in [2.75, 3.05) is 6.61 Å². The van der Waals surface area contributed by atoms with Crippen LogP contribution in [-0.2, 0) is 14.3 Å². The summed E-state index contributed by atoms with van der Waals surface area (Å²) in [5.41, 5.74) is -0.104. The molecule has 0 aromatic heterocycles. The van der Waals surface area contributed by atoms with E-state index in [1.54, 1.807) is 0 Å². The zero-order chi connectivity index (χ0) is 10.5. The summed E-state index contributed by atoms with van der Waals surface area (Å²) in [5.74, 6) is -1.79. The molecule has 0 aliphatic carbocycles. The number of aliphatic carboxylic acids is 1. The van der Waals surface area contributed by atoms with Crippen molar-refractivity contribution in [3.05, 3.63) is 12.2 Å². The monoisotopic (exact) mass is 226 g/mol. The summed E-state index contributed by atoms with van der Waals surface area (Å²) in [6, 6.07) is 0. The number of ether oxygens (including phenoxy) is 1. The second-order valence-electron chi connectivity index (χ2n) is 3.84. The van der Waals surface area contributed by atoms with Gasteiger partial charge in [0.15, 0.2) is 0 Å². The van der Waals surface area contributed by atoms with Crippen molar-refractivity contribution in [1.82, 2.24) is 0 Å². The molecule has 0 saturated carbocycles. The third kappa shape index (κ3) is 12.3. The minimum absolute atomic E-state index is 0. The molecule has 0 aromatic rings. The molecule has 5 heteroatoms. The number of carboxylic acids is 1. The molecule has 0 radical (unpaired) electrons. The molecule has 0 spiro atoms. The topological polar surface area (TPSA) is 63.6 Å². The minimum Gasteiger partial charge on any atom is -1.00 e. The van der Waals surface area contributed by atoms with Crippen LogP contribution in [0.3, 0.4) is 0 Å². The minimum atomic E-state index is -1.16. The first-order chi connectivity index (χ1) is 5.81. The molecule has 76 valence electrons. The molecule has 14 heavy (non-hydrogen) atoms. The number of carbonyl (C=O) groups excluding carboxylic acids is 1. The van der Waals surface area contributed by atoms with Crippen molar-refractivity contribution in [1.29, 1.82) is 0 Å². The molecule has 0 aliphatic rings. The number of hydrogen-bond donors (Lipinski definition) is 1. The van der Waals surface area contributed by atoms with Gasteiger partial charge < -0.3 is 11.3 Å². The summed E-state index contributed by atoms with van der Waals surface area (Å²) in [6.45, 7) is 6.03. The van der Waals surface area contributed by atoms with Gasteiger partial charge in [-0.05, 0) is 5.41 Å². The number of esters is 1. The summed E-state index contributed by atoms with van der Waals surface area (Å²) >= 11 is 0. The zero-order valence-electron chi connectivity index (χ0n) is 10.0. The molecule has 0 atom stereocenters. The van der Waals surface area contributed by atoms with E-state index in [-0.39, 0.29) is 64.8 Å². The van der Waals surface area contributed by atoms with Crippen LogP contribution in [0.5, 0.6) is 0 Å². The molecule has 0 bridgehead atoms. The standard InChI is InChI=1S/C9H14O4.K.H/c1-9(2,3)6-13-8(12)5-4-7(10)11;;/h4-5H,6H2,1-3H3,(H,10,11);;/q;+1;-1/b5-4-;;. The third-order valence-corrected chi connectivity index (χ3v) is 1.01. The zero-order valence-corrected chi connectivity index (χ0v) is 12.2. The number of rotatable bonds is 3. The fraction of sp³-hybridized carbons (Fsp3) is 0.556. The maximum absolute atomic E-state index is 10.8. The van der Waals surface area contributed by atoms with Gasteiger partial charge in [0.2, 0.25) is 0 Å². The molecule has 0 fully saturated rings. The molecule has 0 rings (SSSR count). The van der Waals surface area contributed by atoms with E-state index in [1.807, 2.05) is 20.8 Å². The Bertz CT molecular complexity index is 233. The largest absolute Gasteiger partial charge is 1.00 e. The van der Waals surface area contributed by atoms with Gasteiger partial charge in [0.05, 0.1) is 6.61 Å². The molecule has 0 unspecified atom stereocenters. The molecule has 0 heterocycles. The third-order valence-electron chi connectivity index (χ3n) is 1.01. The Morgan fingerprint density at radius 3 is 2.21 bits per heavy atom. The van der Waals surface area contributed by atoms with E-state index < -0.39 is 11.9 Å². The number of hydrogen-bond acceptors (Lipinski definition) is 3. The predicted molar refractivity (Wildman–Crippen MR) is 48.3 cm³/mol. The van der Waals surface area contributed by atoms with Crippen LogP contribution in [0, 0.1) is 5.41 Å². The number of carboxylic acid groups (broad SMARTS) is 1. The van der Waals surface area contributed by atoms with Gasteiger partial charge in [-0.3, -0.25) is 0 Å². The summed E-state index contributed by atoms with van der Waals surface area (Å²) in [7, 11) is 0. The van der Waals surface area contributed by atoms with Gasteiger partial charge in [-0.1, -0.05) is 20.8 Å². The van der Waals surface area contributed by atoms with Crippen molar-refractivity contribution in [3.63, 3.8) is 0 Å². The molecular formula is C9H15KO4. The molecule has 0 aromatic carbocycles. The fourth-order valence-electron chi connectivity index (χ4n) is 0.475. The van der Waals surface area contributed by atoms with E-state index >= 15 is 0 Å². The maximum atomic E-state index is 10.8. The molecule has 0 amide bonds. The van der Waals surface area contributed by atoms with Crippen LogP contribution in [0.15, 0.2) is 12.2 Å². The first kappa shape index (κ1) is 16.7. The Morgan fingerprint density at radius 1 is 1.36 bits per heavy atom. The van der Waals surface area contributed by atoms with Crippen molar-refractivity contribution in [3.8, 4) is 0 Å². The van der Waals surface area contributed by atoms with E-state index in [0.29, 0.717) is 0 Å². The Kier molecular flexibility index (Phi) is 9.07. The van der Waals surface area contributed by atoms with E-state index in [9.17, 15) is 9.59 Å². The average Bonchev–Trinajstić information content (AvgIpc) is 1.95. The first-order valence-electron chi connectivity index (χ1n) is 3.89. The summed E-state index contributed by atoms with van der Waals surface area (Å²) in [4.78, 5) is 20.8. The predicted octanol–water partition coefficient (Wildman–Crippen LogP) is -1.67. The summed E-state index contributed by atoms with van der Waals surface area (Å²) in [5, 5.41) is 8.20. The van der Waals surface area contributed by atoms with E-state index in [2.05, 4.69) is 0 Å². The first-order valence-corrected chi connectivity index (χ1v) is 3.89. The summed E-state index contributed by atoms with van der Waals surface area (Å²) < 4.78 is 4.77. The van der Waals surface area contributed by atoms with Gasteiger partial charge in [0.1, 0.15) is 0 Å². The molecular weight excluding hydrogens is 211 g/mol.